The number of ether oxygens (including phenoxy) is 1. The van der Waals surface area contributed by atoms with Crippen LogP contribution in [0.5, 0.6) is 11.5 Å². The summed E-state index contributed by atoms with van der Waals surface area (Å²) < 4.78 is 6.75. The van der Waals surface area contributed by atoms with Crippen LogP contribution in [0, 0.1) is 6.92 Å². The third-order valence-electron chi connectivity index (χ3n) is 3.52. The van der Waals surface area contributed by atoms with Crippen molar-refractivity contribution in [3.05, 3.63) is 57.6 Å². The van der Waals surface area contributed by atoms with Crippen LogP contribution >= 0.6 is 15.9 Å². The molecule has 0 saturated heterocycles. The molecular formula is C18H21BrO2. The molecule has 0 heterocycles. The van der Waals surface area contributed by atoms with Crippen LogP contribution in [0.4, 0.5) is 0 Å². The van der Waals surface area contributed by atoms with Gasteiger partial charge in [-0.1, -0.05) is 41.9 Å². The SMILES string of the molecule is Cc1cc(Oc2ccc([C@H](C)O)c(Br)c2)ccc1C(C)C. The van der Waals surface area contributed by atoms with Crippen LogP contribution in [0.25, 0.3) is 0 Å². The van der Waals surface area contributed by atoms with Crippen molar-refractivity contribution in [1.82, 2.24) is 0 Å². The molecular weight excluding hydrogens is 328 g/mol. The fourth-order valence-electron chi connectivity index (χ4n) is 2.41. The fraction of sp³-hybridized carbons (Fsp3) is 0.333. The third kappa shape index (κ3) is 3.86. The zero-order valence-corrected chi connectivity index (χ0v) is 14.4. The second kappa shape index (κ2) is 6.63. The first-order chi connectivity index (χ1) is 9.88. The Kier molecular flexibility index (Phi) is 5.07. The first kappa shape index (κ1) is 16.1. The highest BCUT2D eigenvalue weighted by molar-refractivity contribution is 9.10. The van der Waals surface area contributed by atoms with Gasteiger partial charge >= 0.3 is 0 Å². The molecule has 0 aliphatic carbocycles. The number of aryl methyl sites for hydroxylation is 1. The van der Waals surface area contributed by atoms with Crippen LogP contribution in [0.2, 0.25) is 0 Å². The third-order valence-corrected chi connectivity index (χ3v) is 4.21. The highest BCUT2D eigenvalue weighted by atomic mass is 79.9. The zero-order chi connectivity index (χ0) is 15.6. The summed E-state index contributed by atoms with van der Waals surface area (Å²) in [5, 5.41) is 9.63. The summed E-state index contributed by atoms with van der Waals surface area (Å²) in [6.45, 7) is 8.23. The maximum Gasteiger partial charge on any atom is 0.128 e. The molecule has 2 aromatic carbocycles. The quantitative estimate of drug-likeness (QED) is 0.764. The summed E-state index contributed by atoms with van der Waals surface area (Å²) in [5.74, 6) is 2.09. The lowest BCUT2D eigenvalue weighted by Gasteiger charge is -2.13. The molecule has 0 spiro atoms. The van der Waals surface area contributed by atoms with Crippen molar-refractivity contribution in [2.75, 3.05) is 0 Å². The number of aliphatic hydroxyl groups is 1. The lowest BCUT2D eigenvalue weighted by Crippen LogP contribution is -1.95. The van der Waals surface area contributed by atoms with Crippen molar-refractivity contribution in [2.24, 2.45) is 0 Å². The average molecular weight is 349 g/mol. The Morgan fingerprint density at radius 3 is 2.00 bits per heavy atom. The van der Waals surface area contributed by atoms with E-state index in [1.54, 1.807) is 6.92 Å². The lowest BCUT2D eigenvalue weighted by molar-refractivity contribution is 0.198. The number of hydrogen-bond donors (Lipinski definition) is 1. The molecule has 0 saturated carbocycles. The molecule has 0 aliphatic heterocycles. The van der Waals surface area contributed by atoms with Gasteiger partial charge in [0.1, 0.15) is 11.5 Å². The van der Waals surface area contributed by atoms with Gasteiger partial charge in [-0.05, 0) is 60.7 Å². The molecule has 2 aromatic rings. The number of halogens is 1. The summed E-state index contributed by atoms with van der Waals surface area (Å²) in [6, 6.07) is 11.8. The van der Waals surface area contributed by atoms with Crippen molar-refractivity contribution < 1.29 is 9.84 Å². The highest BCUT2D eigenvalue weighted by Crippen LogP contribution is 2.31. The maximum absolute atomic E-state index is 9.63. The molecule has 2 nitrogen and oxygen atoms in total. The van der Waals surface area contributed by atoms with Crippen molar-refractivity contribution in [3.8, 4) is 11.5 Å². The summed E-state index contributed by atoms with van der Waals surface area (Å²) >= 11 is 3.47. The predicted molar refractivity (Wildman–Crippen MR) is 90.1 cm³/mol. The van der Waals surface area contributed by atoms with Gasteiger partial charge in [-0.2, -0.15) is 0 Å². The smallest absolute Gasteiger partial charge is 0.128 e. The topological polar surface area (TPSA) is 29.5 Å². The Hall–Kier alpha value is -1.32. The van der Waals surface area contributed by atoms with E-state index in [4.69, 9.17) is 4.74 Å². The van der Waals surface area contributed by atoms with E-state index in [1.165, 1.54) is 11.1 Å². The van der Waals surface area contributed by atoms with E-state index >= 15 is 0 Å². The first-order valence-electron chi connectivity index (χ1n) is 7.14. The molecule has 0 aliphatic rings. The van der Waals surface area contributed by atoms with Crippen molar-refractivity contribution in [2.45, 2.75) is 39.7 Å². The maximum atomic E-state index is 9.63. The Labute approximate surface area is 134 Å². The minimum atomic E-state index is -0.499. The molecule has 21 heavy (non-hydrogen) atoms. The van der Waals surface area contributed by atoms with E-state index in [2.05, 4.69) is 48.8 Å². The average Bonchev–Trinajstić information content (AvgIpc) is 2.37. The van der Waals surface area contributed by atoms with Gasteiger partial charge < -0.3 is 9.84 Å². The Morgan fingerprint density at radius 2 is 1.52 bits per heavy atom. The summed E-state index contributed by atoms with van der Waals surface area (Å²) in [5.41, 5.74) is 3.43. The molecule has 1 N–H and O–H groups in total. The molecule has 3 heteroatoms. The molecule has 1 atom stereocenters. The molecule has 0 radical (unpaired) electrons. The molecule has 0 bridgehead atoms. The van der Waals surface area contributed by atoms with E-state index < -0.39 is 6.10 Å². The second-order valence-electron chi connectivity index (χ2n) is 5.63. The number of hydrogen-bond acceptors (Lipinski definition) is 2. The predicted octanol–water partition coefficient (Wildman–Crippen LogP) is 5.73. The monoisotopic (exact) mass is 348 g/mol. The number of benzene rings is 2. The van der Waals surface area contributed by atoms with E-state index in [1.807, 2.05) is 24.3 Å². The second-order valence-corrected chi connectivity index (χ2v) is 6.49. The van der Waals surface area contributed by atoms with Crippen LogP contribution < -0.4 is 4.74 Å². The minimum Gasteiger partial charge on any atom is -0.457 e. The molecule has 0 fully saturated rings. The molecule has 0 unspecified atom stereocenters. The van der Waals surface area contributed by atoms with Crippen LogP contribution in [0.1, 0.15) is 49.5 Å². The van der Waals surface area contributed by atoms with Gasteiger partial charge in [0.25, 0.3) is 0 Å². The van der Waals surface area contributed by atoms with Crippen LogP contribution in [-0.4, -0.2) is 5.11 Å². The number of aliphatic hydroxyl groups excluding tert-OH is 1. The van der Waals surface area contributed by atoms with Crippen LogP contribution in [0.3, 0.4) is 0 Å². The summed E-state index contributed by atoms with van der Waals surface area (Å²) in [7, 11) is 0. The van der Waals surface area contributed by atoms with E-state index in [0.29, 0.717) is 5.92 Å². The van der Waals surface area contributed by atoms with E-state index in [0.717, 1.165) is 21.5 Å². The van der Waals surface area contributed by atoms with Crippen molar-refractivity contribution >= 4 is 15.9 Å². The summed E-state index contributed by atoms with van der Waals surface area (Å²) in [6.07, 6.45) is -0.499. The molecule has 112 valence electrons. The van der Waals surface area contributed by atoms with Gasteiger partial charge in [0.15, 0.2) is 0 Å². The fourth-order valence-corrected chi connectivity index (χ4v) is 3.09. The van der Waals surface area contributed by atoms with Crippen molar-refractivity contribution in [3.63, 3.8) is 0 Å². The highest BCUT2D eigenvalue weighted by Gasteiger charge is 2.09. The van der Waals surface area contributed by atoms with E-state index in [9.17, 15) is 5.11 Å². The summed E-state index contributed by atoms with van der Waals surface area (Å²) in [4.78, 5) is 0. The van der Waals surface area contributed by atoms with Gasteiger partial charge in [0, 0.05) is 4.47 Å². The van der Waals surface area contributed by atoms with Gasteiger partial charge in [0.05, 0.1) is 6.10 Å². The van der Waals surface area contributed by atoms with Crippen molar-refractivity contribution in [1.29, 1.82) is 0 Å². The molecule has 0 aromatic heterocycles. The Bertz CT molecular complexity index is 578. The Morgan fingerprint density at radius 1 is 0.952 bits per heavy atom. The van der Waals surface area contributed by atoms with Crippen LogP contribution in [-0.2, 0) is 0 Å². The number of rotatable bonds is 4. The van der Waals surface area contributed by atoms with Gasteiger partial charge in [-0.3, -0.25) is 0 Å². The van der Waals surface area contributed by atoms with Gasteiger partial charge in [-0.15, -0.1) is 0 Å². The normalized spacial score (nSPS) is 12.5. The molecule has 0 amide bonds. The standard InChI is InChI=1S/C18H21BrO2/c1-11(2)16-7-5-14(9-12(16)3)21-15-6-8-17(13(4)20)18(19)10-15/h5-11,13,20H,1-4H3/t13-/m0/s1. The molecule has 2 rings (SSSR count). The first-order valence-corrected chi connectivity index (χ1v) is 7.93. The Balaban J connectivity index is 2.22. The minimum absolute atomic E-state index is 0.499. The van der Waals surface area contributed by atoms with E-state index in [-0.39, 0.29) is 0 Å². The lowest BCUT2D eigenvalue weighted by atomic mass is 9.98. The zero-order valence-electron chi connectivity index (χ0n) is 12.9. The largest absolute Gasteiger partial charge is 0.457 e. The van der Waals surface area contributed by atoms with Gasteiger partial charge in [-0.25, -0.2) is 0 Å². The van der Waals surface area contributed by atoms with Gasteiger partial charge in [0.2, 0.25) is 0 Å². The van der Waals surface area contributed by atoms with Crippen LogP contribution in [0.15, 0.2) is 40.9 Å².